The zero-order chi connectivity index (χ0) is 25.8. The van der Waals surface area contributed by atoms with E-state index in [1.807, 2.05) is 56.0 Å². The number of hydrogen-bond acceptors (Lipinski definition) is 7. The highest BCUT2D eigenvalue weighted by Crippen LogP contribution is 2.18. The van der Waals surface area contributed by atoms with Gasteiger partial charge in [-0.1, -0.05) is 30.3 Å². The normalized spacial score (nSPS) is 14.6. The predicted molar refractivity (Wildman–Crippen MR) is 134 cm³/mol. The Morgan fingerprint density at radius 1 is 1.09 bits per heavy atom. The monoisotopic (exact) mass is 486 g/mol. The molecule has 1 aliphatic rings. The summed E-state index contributed by atoms with van der Waals surface area (Å²) in [5.41, 5.74) is 5.13. The summed E-state index contributed by atoms with van der Waals surface area (Å²) in [4.78, 5) is 57.7. The molecule has 3 rings (SSSR count). The van der Waals surface area contributed by atoms with Gasteiger partial charge in [0.2, 0.25) is 5.91 Å². The van der Waals surface area contributed by atoms with Crippen LogP contribution >= 0.6 is 0 Å². The molecule has 3 N–H and O–H groups in total. The number of nitrogens with one attached hydrogen (secondary N) is 1. The van der Waals surface area contributed by atoms with E-state index in [2.05, 4.69) is 4.98 Å². The number of likely N-dealkylation sites (N-methyl/N-ethyl adjacent to an activating group) is 1. The number of hydrogen-bond donors (Lipinski definition) is 2. The summed E-state index contributed by atoms with van der Waals surface area (Å²) in [6.07, 6.45) is -0.376. The fourth-order valence-electron chi connectivity index (χ4n) is 3.91. The van der Waals surface area contributed by atoms with E-state index in [0.29, 0.717) is 26.2 Å². The lowest BCUT2D eigenvalue weighted by molar-refractivity contribution is -0.120. The quantitative estimate of drug-likeness (QED) is 0.624. The first kappa shape index (κ1) is 26.0. The summed E-state index contributed by atoms with van der Waals surface area (Å²) < 4.78 is 6.66. The van der Waals surface area contributed by atoms with Crippen molar-refractivity contribution in [3.8, 4) is 0 Å². The molecule has 1 aromatic carbocycles. The van der Waals surface area contributed by atoms with Gasteiger partial charge in [0, 0.05) is 32.7 Å². The average Bonchev–Trinajstić information content (AvgIpc) is 2.79. The second-order valence-corrected chi connectivity index (χ2v) is 9.45. The molecule has 0 radical (unpaired) electrons. The Morgan fingerprint density at radius 2 is 1.71 bits per heavy atom. The van der Waals surface area contributed by atoms with Crippen LogP contribution in [0.3, 0.4) is 0 Å². The number of aromatic nitrogens is 2. The Labute approximate surface area is 204 Å². The molecule has 2 heterocycles. The van der Waals surface area contributed by atoms with Gasteiger partial charge in [0.1, 0.15) is 11.4 Å². The number of nitrogens with two attached hydrogens (primary N) is 1. The van der Waals surface area contributed by atoms with E-state index in [1.54, 1.807) is 11.8 Å². The van der Waals surface area contributed by atoms with Crippen LogP contribution in [-0.2, 0) is 16.1 Å². The van der Waals surface area contributed by atoms with Crippen LogP contribution in [0.2, 0.25) is 0 Å². The Morgan fingerprint density at radius 3 is 2.29 bits per heavy atom. The van der Waals surface area contributed by atoms with Gasteiger partial charge in [-0.25, -0.2) is 9.59 Å². The molecule has 0 saturated carbocycles. The molecule has 0 spiro atoms. The van der Waals surface area contributed by atoms with E-state index < -0.39 is 16.9 Å². The van der Waals surface area contributed by atoms with Crippen LogP contribution in [0.1, 0.15) is 33.3 Å². The third kappa shape index (κ3) is 6.50. The largest absolute Gasteiger partial charge is 0.444 e. The van der Waals surface area contributed by atoms with E-state index in [9.17, 15) is 19.2 Å². The molecule has 0 aliphatic carbocycles. The van der Waals surface area contributed by atoms with Crippen molar-refractivity contribution in [2.45, 2.75) is 39.8 Å². The smallest absolute Gasteiger partial charge is 0.410 e. The standard InChI is InChI=1S/C24H34N6O5/c1-5-29(18(31)16-27-11-13-28(14-12-27)23(34)35-24(2,3)4)19-20(25)30(22(33)26-21(19)32)15-17-9-7-6-8-10-17/h6-10H,5,11-16,25H2,1-4H3,(H,26,32,33). The number of H-pyrrole nitrogens is 1. The van der Waals surface area contributed by atoms with Gasteiger partial charge in [-0.05, 0) is 33.3 Å². The number of piperazine rings is 1. The topological polar surface area (TPSA) is 134 Å². The maximum absolute atomic E-state index is 13.2. The number of rotatable bonds is 6. The van der Waals surface area contributed by atoms with E-state index in [0.717, 1.165) is 5.56 Å². The minimum Gasteiger partial charge on any atom is -0.444 e. The van der Waals surface area contributed by atoms with E-state index in [-0.39, 0.29) is 43.1 Å². The molecule has 2 amide bonds. The van der Waals surface area contributed by atoms with Crippen LogP contribution in [-0.4, -0.2) is 76.2 Å². The van der Waals surface area contributed by atoms with Gasteiger partial charge >= 0.3 is 11.8 Å². The average molecular weight is 487 g/mol. The fourth-order valence-corrected chi connectivity index (χ4v) is 3.91. The third-order valence-electron chi connectivity index (χ3n) is 5.67. The Hall–Kier alpha value is -3.60. The first-order chi connectivity index (χ1) is 16.5. The molecule has 1 aliphatic heterocycles. The summed E-state index contributed by atoms with van der Waals surface area (Å²) in [7, 11) is 0. The van der Waals surface area contributed by atoms with Crippen molar-refractivity contribution < 1.29 is 14.3 Å². The summed E-state index contributed by atoms with van der Waals surface area (Å²) >= 11 is 0. The summed E-state index contributed by atoms with van der Waals surface area (Å²) in [6, 6.07) is 9.23. The Balaban J connectivity index is 1.73. The van der Waals surface area contributed by atoms with Crippen molar-refractivity contribution in [1.82, 2.24) is 19.4 Å². The van der Waals surface area contributed by atoms with Crippen molar-refractivity contribution in [3.05, 3.63) is 56.7 Å². The number of carbonyl (C=O) groups excluding carboxylic acids is 2. The van der Waals surface area contributed by atoms with Crippen molar-refractivity contribution >= 4 is 23.5 Å². The second-order valence-electron chi connectivity index (χ2n) is 9.45. The maximum atomic E-state index is 13.2. The highest BCUT2D eigenvalue weighted by molar-refractivity contribution is 5.96. The molecule has 0 bridgehead atoms. The number of anilines is 2. The van der Waals surface area contributed by atoms with Crippen molar-refractivity contribution in [1.29, 1.82) is 0 Å². The van der Waals surface area contributed by atoms with Crippen molar-refractivity contribution in [2.24, 2.45) is 0 Å². The van der Waals surface area contributed by atoms with E-state index in [1.165, 1.54) is 9.47 Å². The van der Waals surface area contributed by atoms with Gasteiger partial charge in [0.05, 0.1) is 13.1 Å². The molecule has 11 heteroatoms. The summed E-state index contributed by atoms with van der Waals surface area (Å²) in [5, 5.41) is 0. The van der Waals surface area contributed by atoms with Gasteiger partial charge in [-0.3, -0.25) is 24.0 Å². The van der Waals surface area contributed by atoms with Gasteiger partial charge in [-0.2, -0.15) is 0 Å². The number of carbonyl (C=O) groups is 2. The number of ether oxygens (including phenoxy) is 1. The Bertz CT molecular complexity index is 1160. The second kappa shape index (κ2) is 10.8. The molecule has 1 aromatic heterocycles. The summed E-state index contributed by atoms with van der Waals surface area (Å²) in [6.45, 7) is 9.43. The lowest BCUT2D eigenvalue weighted by Gasteiger charge is -2.36. The first-order valence-electron chi connectivity index (χ1n) is 11.7. The number of nitrogen functional groups attached to an aromatic ring is 1. The molecule has 0 unspecified atom stereocenters. The first-order valence-corrected chi connectivity index (χ1v) is 11.7. The van der Waals surface area contributed by atoms with Crippen LogP contribution in [0.25, 0.3) is 0 Å². The van der Waals surface area contributed by atoms with Crippen LogP contribution < -0.4 is 21.9 Å². The minimum atomic E-state index is -0.707. The molecular weight excluding hydrogens is 452 g/mol. The lowest BCUT2D eigenvalue weighted by Crippen LogP contribution is -2.53. The third-order valence-corrected chi connectivity index (χ3v) is 5.67. The number of nitrogens with zero attached hydrogens (tertiary/aromatic N) is 4. The number of amides is 2. The minimum absolute atomic E-state index is 0.0413. The fraction of sp³-hybridized carbons (Fsp3) is 0.500. The van der Waals surface area contributed by atoms with Crippen LogP contribution in [0.5, 0.6) is 0 Å². The van der Waals surface area contributed by atoms with Gasteiger partial charge in [-0.15, -0.1) is 0 Å². The van der Waals surface area contributed by atoms with Crippen molar-refractivity contribution in [3.63, 3.8) is 0 Å². The SMILES string of the molecule is CCN(C(=O)CN1CCN(C(=O)OC(C)(C)C)CC1)c1c(N)n(Cc2ccccc2)c(=O)[nH]c1=O. The molecule has 35 heavy (non-hydrogen) atoms. The molecule has 1 fully saturated rings. The highest BCUT2D eigenvalue weighted by Gasteiger charge is 2.29. The molecule has 2 aromatic rings. The summed E-state index contributed by atoms with van der Waals surface area (Å²) in [5.74, 6) is -0.382. The van der Waals surface area contributed by atoms with Crippen molar-refractivity contribution in [2.75, 3.05) is 49.9 Å². The Kier molecular flexibility index (Phi) is 8.00. The van der Waals surface area contributed by atoms with Crippen LogP contribution in [0, 0.1) is 0 Å². The zero-order valence-electron chi connectivity index (χ0n) is 20.7. The molecule has 11 nitrogen and oxygen atoms in total. The zero-order valence-corrected chi connectivity index (χ0v) is 20.7. The van der Waals surface area contributed by atoms with Crippen LogP contribution in [0.15, 0.2) is 39.9 Å². The van der Waals surface area contributed by atoms with Gasteiger partial charge < -0.3 is 20.3 Å². The predicted octanol–water partition coefficient (Wildman–Crippen LogP) is 1.07. The molecular formula is C24H34N6O5. The maximum Gasteiger partial charge on any atom is 0.410 e. The van der Waals surface area contributed by atoms with E-state index in [4.69, 9.17) is 10.5 Å². The molecule has 190 valence electrons. The van der Waals surface area contributed by atoms with Gasteiger partial charge in [0.25, 0.3) is 5.56 Å². The van der Waals surface area contributed by atoms with Gasteiger partial charge in [0.15, 0.2) is 5.69 Å². The number of aromatic amines is 1. The molecule has 1 saturated heterocycles. The molecule has 0 atom stereocenters. The lowest BCUT2D eigenvalue weighted by atomic mass is 10.2. The van der Waals surface area contributed by atoms with E-state index >= 15 is 0 Å². The van der Waals surface area contributed by atoms with Crippen LogP contribution in [0.4, 0.5) is 16.3 Å². The number of benzene rings is 1. The highest BCUT2D eigenvalue weighted by atomic mass is 16.6.